The number of carbonyl (C=O) groups excluding carboxylic acids is 1. The first-order valence-corrected chi connectivity index (χ1v) is 4.64. The van der Waals surface area contributed by atoms with Gasteiger partial charge in [0, 0.05) is 24.8 Å². The molecule has 2 aromatic rings. The van der Waals surface area contributed by atoms with E-state index in [1.807, 2.05) is 0 Å². The summed E-state index contributed by atoms with van der Waals surface area (Å²) in [5, 5.41) is 1.29. The molecule has 0 aromatic carbocycles. The van der Waals surface area contributed by atoms with Crippen LogP contribution in [-0.4, -0.2) is 26.2 Å². The second-order valence-electron chi connectivity index (χ2n) is 2.41. The molecule has 0 amide bonds. The van der Waals surface area contributed by atoms with Crippen LogP contribution >= 0.6 is 11.8 Å². The fourth-order valence-corrected chi connectivity index (χ4v) is 1.46. The number of hydrogen-bond acceptors (Lipinski definition) is 5. The van der Waals surface area contributed by atoms with Gasteiger partial charge in [0.2, 0.25) is 0 Å². The van der Waals surface area contributed by atoms with Gasteiger partial charge in [-0.25, -0.2) is 15.0 Å². The third kappa shape index (κ3) is 1.97. The summed E-state index contributed by atoms with van der Waals surface area (Å²) < 4.78 is 0. The molecular formula is C8H6N4OS. The van der Waals surface area contributed by atoms with Crippen molar-refractivity contribution in [3.8, 4) is 0 Å². The minimum atomic E-state index is 0.466. The van der Waals surface area contributed by atoms with E-state index in [4.69, 9.17) is 0 Å². The molecule has 6 heteroatoms. The van der Waals surface area contributed by atoms with E-state index >= 15 is 0 Å². The average Bonchev–Trinajstić information content (AvgIpc) is 2.72. The van der Waals surface area contributed by atoms with Crippen LogP contribution in [0, 0.1) is 0 Å². The maximum atomic E-state index is 10.3. The molecule has 0 fully saturated rings. The van der Waals surface area contributed by atoms with Crippen LogP contribution in [0.2, 0.25) is 0 Å². The lowest BCUT2D eigenvalue weighted by molar-refractivity contribution is 0.112. The van der Waals surface area contributed by atoms with Crippen molar-refractivity contribution in [1.29, 1.82) is 0 Å². The molecule has 0 unspecified atom stereocenters. The zero-order valence-corrected chi connectivity index (χ0v) is 7.86. The molecule has 0 aliphatic rings. The molecule has 0 aliphatic heterocycles. The third-order valence-corrected chi connectivity index (χ3v) is 2.26. The quantitative estimate of drug-likeness (QED) is 0.602. The molecule has 14 heavy (non-hydrogen) atoms. The smallest absolute Gasteiger partial charge is 0.195 e. The second kappa shape index (κ2) is 4.01. The topological polar surface area (TPSA) is 71.5 Å². The number of nitrogens with zero attached hydrogens (tertiary/aromatic N) is 3. The van der Waals surface area contributed by atoms with Crippen molar-refractivity contribution >= 4 is 18.0 Å². The molecule has 0 saturated carbocycles. The van der Waals surface area contributed by atoms with Crippen molar-refractivity contribution in [3.05, 3.63) is 30.4 Å². The van der Waals surface area contributed by atoms with Gasteiger partial charge < -0.3 is 4.98 Å². The largest absolute Gasteiger partial charge is 0.339 e. The van der Waals surface area contributed by atoms with Crippen LogP contribution in [0.3, 0.4) is 0 Å². The Hall–Kier alpha value is -1.69. The van der Waals surface area contributed by atoms with Crippen molar-refractivity contribution in [1.82, 2.24) is 19.9 Å². The van der Waals surface area contributed by atoms with Gasteiger partial charge in [-0.1, -0.05) is 0 Å². The molecule has 0 radical (unpaired) electrons. The number of hydrogen-bond donors (Lipinski definition) is 1. The molecular weight excluding hydrogens is 200 g/mol. The Balaban J connectivity index is 2.14. The number of nitrogens with one attached hydrogen (secondary N) is 1. The summed E-state index contributed by atoms with van der Waals surface area (Å²) in [6, 6.07) is 0. The van der Waals surface area contributed by atoms with Gasteiger partial charge in [-0.2, -0.15) is 0 Å². The Morgan fingerprint density at radius 3 is 2.64 bits per heavy atom. The molecule has 0 spiro atoms. The number of aromatic amines is 1. The summed E-state index contributed by atoms with van der Waals surface area (Å²) in [6.45, 7) is 0. The first-order valence-electron chi connectivity index (χ1n) is 3.83. The summed E-state index contributed by atoms with van der Waals surface area (Å²) in [4.78, 5) is 25.2. The molecule has 0 bridgehead atoms. The highest BCUT2D eigenvalue weighted by Gasteiger charge is 2.01. The monoisotopic (exact) mass is 206 g/mol. The lowest BCUT2D eigenvalue weighted by Gasteiger charge is -1.95. The number of imidazole rings is 1. The minimum Gasteiger partial charge on any atom is -0.339 e. The lowest BCUT2D eigenvalue weighted by atomic mass is 10.4. The van der Waals surface area contributed by atoms with E-state index in [1.54, 1.807) is 12.4 Å². The van der Waals surface area contributed by atoms with Crippen LogP contribution < -0.4 is 0 Å². The molecule has 70 valence electrons. The van der Waals surface area contributed by atoms with Gasteiger partial charge in [0.05, 0.1) is 5.56 Å². The van der Waals surface area contributed by atoms with Crippen LogP contribution in [-0.2, 0) is 0 Å². The first kappa shape index (κ1) is 8.89. The lowest BCUT2D eigenvalue weighted by Crippen LogP contribution is -1.89. The van der Waals surface area contributed by atoms with Gasteiger partial charge >= 0.3 is 0 Å². The van der Waals surface area contributed by atoms with Crippen molar-refractivity contribution in [2.45, 2.75) is 10.3 Å². The van der Waals surface area contributed by atoms with Gasteiger partial charge in [0.25, 0.3) is 0 Å². The Morgan fingerprint density at radius 2 is 2.07 bits per heavy atom. The summed E-state index contributed by atoms with van der Waals surface area (Å²) in [7, 11) is 0. The molecule has 1 N–H and O–H groups in total. The van der Waals surface area contributed by atoms with E-state index in [-0.39, 0.29) is 0 Å². The van der Waals surface area contributed by atoms with Gasteiger partial charge in [-0.15, -0.1) is 0 Å². The van der Waals surface area contributed by atoms with E-state index < -0.39 is 0 Å². The van der Waals surface area contributed by atoms with Crippen molar-refractivity contribution < 1.29 is 4.79 Å². The molecule has 0 saturated heterocycles. The fraction of sp³-hybridized carbons (Fsp3) is 0. The molecule has 2 rings (SSSR count). The predicted molar refractivity (Wildman–Crippen MR) is 50.1 cm³/mol. The van der Waals surface area contributed by atoms with E-state index in [0.717, 1.165) is 5.16 Å². The highest BCUT2D eigenvalue weighted by molar-refractivity contribution is 7.99. The van der Waals surface area contributed by atoms with Gasteiger partial charge in [0.15, 0.2) is 16.6 Å². The minimum absolute atomic E-state index is 0.466. The number of H-pyrrole nitrogens is 1. The van der Waals surface area contributed by atoms with Crippen molar-refractivity contribution in [3.63, 3.8) is 0 Å². The summed E-state index contributed by atoms with van der Waals surface area (Å²) in [5.41, 5.74) is 0.466. The maximum Gasteiger partial charge on any atom is 0.195 e. The fourth-order valence-electron chi connectivity index (χ4n) is 0.833. The van der Waals surface area contributed by atoms with E-state index in [1.165, 1.54) is 24.2 Å². The Labute approximate surface area is 84.0 Å². The Kier molecular flexibility index (Phi) is 2.55. The van der Waals surface area contributed by atoms with E-state index in [9.17, 15) is 4.79 Å². The van der Waals surface area contributed by atoms with Gasteiger partial charge in [0.1, 0.15) is 0 Å². The number of aldehydes is 1. The highest BCUT2D eigenvalue weighted by atomic mass is 32.2. The Bertz CT molecular complexity index is 411. The SMILES string of the molecule is O=Cc1cnc(Sc2ncc[nH]2)nc1. The number of carbonyl (C=O) groups is 1. The summed E-state index contributed by atoms with van der Waals surface area (Å²) in [6.07, 6.45) is 7.04. The average molecular weight is 206 g/mol. The number of aromatic nitrogens is 4. The second-order valence-corrected chi connectivity index (χ2v) is 3.37. The maximum absolute atomic E-state index is 10.3. The Morgan fingerprint density at radius 1 is 1.29 bits per heavy atom. The normalized spacial score (nSPS) is 10.0. The summed E-state index contributed by atoms with van der Waals surface area (Å²) >= 11 is 1.31. The van der Waals surface area contributed by atoms with Crippen LogP contribution in [0.25, 0.3) is 0 Å². The van der Waals surface area contributed by atoms with Crippen LogP contribution in [0.4, 0.5) is 0 Å². The number of rotatable bonds is 3. The van der Waals surface area contributed by atoms with E-state index in [2.05, 4.69) is 19.9 Å². The molecule has 2 heterocycles. The summed E-state index contributed by atoms with van der Waals surface area (Å²) in [5.74, 6) is 0. The van der Waals surface area contributed by atoms with Crippen LogP contribution in [0.5, 0.6) is 0 Å². The zero-order chi connectivity index (χ0) is 9.80. The zero-order valence-electron chi connectivity index (χ0n) is 7.04. The highest BCUT2D eigenvalue weighted by Crippen LogP contribution is 2.19. The van der Waals surface area contributed by atoms with Crippen LogP contribution in [0.1, 0.15) is 10.4 Å². The van der Waals surface area contributed by atoms with Gasteiger partial charge in [-0.05, 0) is 11.8 Å². The predicted octanol–water partition coefficient (Wildman–Crippen LogP) is 1.16. The standard InChI is InChI=1S/C8H6N4OS/c13-5-6-3-11-8(12-4-6)14-7-9-1-2-10-7/h1-5H,(H,9,10). The van der Waals surface area contributed by atoms with Crippen molar-refractivity contribution in [2.24, 2.45) is 0 Å². The third-order valence-electron chi connectivity index (χ3n) is 1.45. The molecule has 0 aliphatic carbocycles. The molecule has 5 nitrogen and oxygen atoms in total. The van der Waals surface area contributed by atoms with E-state index in [0.29, 0.717) is 17.0 Å². The van der Waals surface area contributed by atoms with Gasteiger partial charge in [-0.3, -0.25) is 4.79 Å². The molecule has 0 atom stereocenters. The van der Waals surface area contributed by atoms with Crippen LogP contribution in [0.15, 0.2) is 35.1 Å². The first-order chi connectivity index (χ1) is 6.88. The molecule has 2 aromatic heterocycles. The van der Waals surface area contributed by atoms with Crippen molar-refractivity contribution in [2.75, 3.05) is 0 Å².